The molecule has 0 radical (unpaired) electrons. The van der Waals surface area contributed by atoms with E-state index in [1.807, 2.05) is 0 Å². The minimum Gasteiger partial charge on any atom is -0.454 e. The second kappa shape index (κ2) is 6.91. The topological polar surface area (TPSA) is 85.4 Å². The fourth-order valence-electron chi connectivity index (χ4n) is 2.61. The van der Waals surface area contributed by atoms with Gasteiger partial charge in [-0.25, -0.2) is 14.4 Å². The predicted octanol–water partition coefficient (Wildman–Crippen LogP) is 3.65. The van der Waals surface area contributed by atoms with Crippen molar-refractivity contribution in [3.05, 3.63) is 65.7 Å². The molecule has 0 unspecified atom stereocenters. The van der Waals surface area contributed by atoms with E-state index in [9.17, 15) is 9.18 Å². The van der Waals surface area contributed by atoms with Crippen molar-refractivity contribution in [3.63, 3.8) is 0 Å². The lowest BCUT2D eigenvalue weighted by atomic mass is 10.2. The number of carbonyl (C=O) groups excluding carboxylic acids is 1. The lowest BCUT2D eigenvalue weighted by molar-refractivity contribution is 0.102. The minimum atomic E-state index is -0.458. The number of aryl methyl sites for hydroxylation is 1. The highest BCUT2D eigenvalue weighted by molar-refractivity contribution is 6.03. The van der Waals surface area contributed by atoms with Gasteiger partial charge < -0.3 is 20.1 Å². The summed E-state index contributed by atoms with van der Waals surface area (Å²) in [6.45, 7) is 1.94. The van der Waals surface area contributed by atoms with Crippen LogP contribution in [-0.4, -0.2) is 22.7 Å². The number of anilines is 3. The molecule has 3 aromatic rings. The fourth-order valence-corrected chi connectivity index (χ4v) is 2.61. The van der Waals surface area contributed by atoms with Gasteiger partial charge in [0.15, 0.2) is 11.5 Å². The molecule has 1 aromatic heterocycles. The van der Waals surface area contributed by atoms with Crippen LogP contribution in [0.4, 0.5) is 21.7 Å². The Morgan fingerprint density at radius 1 is 1.04 bits per heavy atom. The summed E-state index contributed by atoms with van der Waals surface area (Å²) in [6.07, 6.45) is 0. The molecule has 0 atom stereocenters. The first kappa shape index (κ1) is 16.8. The normalized spacial score (nSPS) is 11.9. The van der Waals surface area contributed by atoms with E-state index < -0.39 is 11.7 Å². The SMILES string of the molecule is Cc1cc(C(=O)Nc2cccc(F)c2)nc(Nc2ccc3c(c2)OCO3)n1. The molecule has 1 aliphatic rings. The molecule has 0 aliphatic carbocycles. The molecule has 0 saturated heterocycles. The average Bonchev–Trinajstić information content (AvgIpc) is 3.09. The average molecular weight is 366 g/mol. The third-order valence-electron chi connectivity index (χ3n) is 3.80. The number of aromatic nitrogens is 2. The number of carbonyl (C=O) groups is 1. The maximum absolute atomic E-state index is 13.3. The first-order valence-electron chi connectivity index (χ1n) is 8.16. The summed E-state index contributed by atoms with van der Waals surface area (Å²) < 4.78 is 23.9. The van der Waals surface area contributed by atoms with Crippen LogP contribution in [0.2, 0.25) is 0 Å². The van der Waals surface area contributed by atoms with E-state index in [0.717, 1.165) is 0 Å². The number of ether oxygens (including phenoxy) is 2. The molecule has 7 nitrogen and oxygen atoms in total. The van der Waals surface area contributed by atoms with Gasteiger partial charge in [0.05, 0.1) is 0 Å². The summed E-state index contributed by atoms with van der Waals surface area (Å²) in [6, 6.07) is 12.5. The molecule has 2 aromatic carbocycles. The lowest BCUT2D eigenvalue weighted by Gasteiger charge is -2.09. The van der Waals surface area contributed by atoms with Crippen LogP contribution in [0.15, 0.2) is 48.5 Å². The Morgan fingerprint density at radius 3 is 2.74 bits per heavy atom. The van der Waals surface area contributed by atoms with Gasteiger partial charge in [-0.2, -0.15) is 0 Å². The zero-order valence-electron chi connectivity index (χ0n) is 14.3. The van der Waals surface area contributed by atoms with Crippen molar-refractivity contribution < 1.29 is 18.7 Å². The van der Waals surface area contributed by atoms with Gasteiger partial charge >= 0.3 is 0 Å². The Balaban J connectivity index is 1.55. The number of halogens is 1. The quantitative estimate of drug-likeness (QED) is 0.733. The molecule has 0 saturated carbocycles. The molecule has 8 heteroatoms. The molecule has 2 N–H and O–H groups in total. The number of nitrogens with one attached hydrogen (secondary N) is 2. The maximum atomic E-state index is 13.3. The minimum absolute atomic E-state index is 0.162. The highest BCUT2D eigenvalue weighted by atomic mass is 19.1. The van der Waals surface area contributed by atoms with Gasteiger partial charge in [-0.3, -0.25) is 4.79 Å². The molecule has 4 rings (SSSR count). The van der Waals surface area contributed by atoms with E-state index in [2.05, 4.69) is 20.6 Å². The zero-order valence-corrected chi connectivity index (χ0v) is 14.3. The van der Waals surface area contributed by atoms with Crippen molar-refractivity contribution in [3.8, 4) is 11.5 Å². The monoisotopic (exact) mass is 366 g/mol. The Labute approximate surface area is 154 Å². The number of fused-ring (bicyclic) bond motifs is 1. The van der Waals surface area contributed by atoms with Gasteiger partial charge in [-0.05, 0) is 43.3 Å². The van der Waals surface area contributed by atoms with Gasteiger partial charge in [0, 0.05) is 23.1 Å². The molecule has 0 bridgehead atoms. The Kier molecular flexibility index (Phi) is 4.29. The predicted molar refractivity (Wildman–Crippen MR) is 97.0 cm³/mol. The van der Waals surface area contributed by atoms with Crippen LogP contribution in [0.5, 0.6) is 11.5 Å². The van der Waals surface area contributed by atoms with Crippen molar-refractivity contribution in [2.75, 3.05) is 17.4 Å². The highest BCUT2D eigenvalue weighted by Crippen LogP contribution is 2.34. The third-order valence-corrected chi connectivity index (χ3v) is 3.80. The van der Waals surface area contributed by atoms with Crippen molar-refractivity contribution in [2.45, 2.75) is 6.92 Å². The molecule has 1 aliphatic heterocycles. The molecule has 136 valence electrons. The summed E-state index contributed by atoms with van der Waals surface area (Å²) in [5.74, 6) is 0.660. The van der Waals surface area contributed by atoms with E-state index >= 15 is 0 Å². The summed E-state index contributed by atoms with van der Waals surface area (Å²) in [4.78, 5) is 21.0. The molecular weight excluding hydrogens is 351 g/mol. The van der Waals surface area contributed by atoms with Crippen LogP contribution >= 0.6 is 0 Å². The summed E-state index contributed by atoms with van der Waals surface area (Å²) in [5, 5.41) is 5.66. The van der Waals surface area contributed by atoms with Crippen molar-refractivity contribution >= 4 is 23.2 Å². The van der Waals surface area contributed by atoms with Crippen LogP contribution in [0, 0.1) is 12.7 Å². The highest BCUT2D eigenvalue weighted by Gasteiger charge is 2.15. The summed E-state index contributed by atoms with van der Waals surface area (Å²) >= 11 is 0. The second-order valence-corrected chi connectivity index (χ2v) is 5.88. The van der Waals surface area contributed by atoms with Crippen LogP contribution < -0.4 is 20.1 Å². The first-order chi connectivity index (χ1) is 13.1. The van der Waals surface area contributed by atoms with Gasteiger partial charge in [0.25, 0.3) is 5.91 Å². The Morgan fingerprint density at radius 2 is 1.89 bits per heavy atom. The zero-order chi connectivity index (χ0) is 18.8. The number of hydrogen-bond donors (Lipinski definition) is 2. The molecule has 2 heterocycles. The second-order valence-electron chi connectivity index (χ2n) is 5.88. The van der Waals surface area contributed by atoms with Crippen molar-refractivity contribution in [2.24, 2.45) is 0 Å². The van der Waals surface area contributed by atoms with Crippen LogP contribution in [0.3, 0.4) is 0 Å². The third kappa shape index (κ3) is 3.79. The van der Waals surface area contributed by atoms with E-state index in [1.54, 1.807) is 37.3 Å². The van der Waals surface area contributed by atoms with Crippen molar-refractivity contribution in [1.82, 2.24) is 9.97 Å². The molecule has 27 heavy (non-hydrogen) atoms. The summed E-state index contributed by atoms with van der Waals surface area (Å²) in [7, 11) is 0. The number of nitrogens with zero attached hydrogens (tertiary/aromatic N) is 2. The number of amides is 1. The first-order valence-corrected chi connectivity index (χ1v) is 8.16. The maximum Gasteiger partial charge on any atom is 0.274 e. The number of hydrogen-bond acceptors (Lipinski definition) is 6. The van der Waals surface area contributed by atoms with Gasteiger partial charge in [0.2, 0.25) is 12.7 Å². The molecule has 0 fully saturated rings. The van der Waals surface area contributed by atoms with E-state index in [-0.39, 0.29) is 18.4 Å². The van der Waals surface area contributed by atoms with Crippen molar-refractivity contribution in [1.29, 1.82) is 0 Å². The summed E-state index contributed by atoms with van der Waals surface area (Å²) in [5.41, 5.74) is 1.82. The fraction of sp³-hybridized carbons (Fsp3) is 0.105. The lowest BCUT2D eigenvalue weighted by Crippen LogP contribution is -2.15. The number of rotatable bonds is 4. The van der Waals surface area contributed by atoms with E-state index in [4.69, 9.17) is 9.47 Å². The van der Waals surface area contributed by atoms with Crippen LogP contribution in [0.25, 0.3) is 0 Å². The van der Waals surface area contributed by atoms with Crippen LogP contribution in [0.1, 0.15) is 16.2 Å². The van der Waals surface area contributed by atoms with Crippen LogP contribution in [-0.2, 0) is 0 Å². The van der Waals surface area contributed by atoms with Gasteiger partial charge in [-0.1, -0.05) is 6.07 Å². The van der Waals surface area contributed by atoms with E-state index in [0.29, 0.717) is 28.6 Å². The smallest absolute Gasteiger partial charge is 0.274 e. The Hall–Kier alpha value is -3.68. The van der Waals surface area contributed by atoms with E-state index in [1.165, 1.54) is 18.2 Å². The number of benzene rings is 2. The largest absolute Gasteiger partial charge is 0.454 e. The Bertz CT molecular complexity index is 1030. The molecule has 1 amide bonds. The standard InChI is InChI=1S/C19H15FN4O3/c1-11-7-15(18(25)22-13-4-2-3-12(20)8-13)24-19(21-11)23-14-5-6-16-17(9-14)27-10-26-16/h2-9H,10H2,1H3,(H,22,25)(H,21,23,24). The molecular formula is C19H15FN4O3. The molecule has 0 spiro atoms. The van der Waals surface area contributed by atoms with Gasteiger partial charge in [-0.15, -0.1) is 0 Å². The van der Waals surface area contributed by atoms with Gasteiger partial charge in [0.1, 0.15) is 11.5 Å².